The minimum absolute atomic E-state index is 0.0583. The number of ether oxygens (including phenoxy) is 1. The molecule has 4 unspecified atom stereocenters. The number of ketones is 1. The molecule has 4 amide bonds. The van der Waals surface area contributed by atoms with Gasteiger partial charge in [0, 0.05) is 26.6 Å². The lowest BCUT2D eigenvalue weighted by atomic mass is 9.88. The number of hydrogen-bond donors (Lipinski definition) is 7. The molecule has 16 nitrogen and oxygen atoms in total. The van der Waals surface area contributed by atoms with Gasteiger partial charge >= 0.3 is 7.05 Å². The first kappa shape index (κ1) is 50.3. The molecule has 2 aliphatic heterocycles. The van der Waals surface area contributed by atoms with Crippen LogP contribution in [0.2, 0.25) is 6.82 Å². The largest absolute Gasteiger partial charge is 0.507 e. The van der Waals surface area contributed by atoms with E-state index in [2.05, 4.69) is 33.1 Å². The summed E-state index contributed by atoms with van der Waals surface area (Å²) in [7, 11) is 0.536. The van der Waals surface area contributed by atoms with Gasteiger partial charge < -0.3 is 35.6 Å². The van der Waals surface area contributed by atoms with Crippen LogP contribution in [0.3, 0.4) is 0 Å². The van der Waals surface area contributed by atoms with Gasteiger partial charge in [0.25, 0.3) is 5.91 Å². The molecule has 0 radical (unpaired) electrons. The van der Waals surface area contributed by atoms with Crippen molar-refractivity contribution in [2.75, 3.05) is 33.3 Å². The summed E-state index contributed by atoms with van der Waals surface area (Å²) < 4.78 is 5.61. The number of amides is 4. The summed E-state index contributed by atoms with van der Waals surface area (Å²) in [6.07, 6.45) is 17.5. The fourth-order valence-electron chi connectivity index (χ4n) is 7.43. The predicted molar refractivity (Wildman–Crippen MR) is 231 cm³/mol. The van der Waals surface area contributed by atoms with Crippen molar-refractivity contribution in [1.29, 1.82) is 0 Å². The Balaban J connectivity index is 1.51. The SMILES string of the molecule is CCCCCCCCCCCCCCCC(=O)N(O)CCCCC(NC(=O)C1COC(c2ccccc2O)=N1)C(=O)CNC(NB(C)O)C(=O)NC1CCCCN(C)C1=O. The number of carbonyl (C=O) groups is 5. The van der Waals surface area contributed by atoms with Gasteiger partial charge in [-0.25, -0.2) is 10.1 Å². The average Bonchev–Trinajstić information content (AvgIpc) is 3.67. The van der Waals surface area contributed by atoms with Crippen LogP contribution in [0.4, 0.5) is 0 Å². The number of hydroxylamine groups is 2. The highest BCUT2D eigenvalue weighted by Crippen LogP contribution is 2.21. The van der Waals surface area contributed by atoms with E-state index in [1.54, 1.807) is 30.1 Å². The molecule has 3 rings (SSSR count). The molecule has 336 valence electrons. The van der Waals surface area contributed by atoms with Crippen LogP contribution in [0.1, 0.15) is 141 Å². The number of unbranched alkanes of at least 4 members (excludes halogenated alkanes) is 13. The van der Waals surface area contributed by atoms with Crippen LogP contribution in [0.15, 0.2) is 29.3 Å². The molecule has 1 fully saturated rings. The number of likely N-dealkylation sites (tertiary alicyclic amines) is 1. The van der Waals surface area contributed by atoms with Crippen LogP contribution in [0.5, 0.6) is 5.75 Å². The molecule has 17 heteroatoms. The number of Topliss-reactive ketones (excluding diaryl/α,β-unsaturated/α-hetero) is 1. The number of hydrogen-bond acceptors (Lipinski definition) is 12. The van der Waals surface area contributed by atoms with E-state index >= 15 is 0 Å². The summed E-state index contributed by atoms with van der Waals surface area (Å²) in [5.41, 5.74) is 0.328. The monoisotopic (exact) mass is 842 g/mol. The third-order valence-corrected chi connectivity index (χ3v) is 11.1. The van der Waals surface area contributed by atoms with Crippen LogP contribution in [0.25, 0.3) is 0 Å². The Morgan fingerprint density at radius 3 is 2.25 bits per heavy atom. The molecule has 4 atom stereocenters. The number of carbonyl (C=O) groups excluding carboxylic acids is 5. The van der Waals surface area contributed by atoms with Crippen LogP contribution >= 0.6 is 0 Å². The van der Waals surface area contributed by atoms with Crippen molar-refractivity contribution in [2.24, 2.45) is 4.99 Å². The third kappa shape index (κ3) is 18.7. The number of aromatic hydroxyl groups is 1. The highest BCUT2D eigenvalue weighted by atomic mass is 16.5. The zero-order chi connectivity index (χ0) is 43.7. The van der Waals surface area contributed by atoms with E-state index in [9.17, 15) is 39.3 Å². The number of rotatable bonds is 30. The smallest absolute Gasteiger partial charge is 0.375 e. The number of nitrogens with zero attached hydrogens (tertiary/aromatic N) is 3. The van der Waals surface area contributed by atoms with Gasteiger partial charge in [-0.2, -0.15) is 0 Å². The second-order valence-corrected chi connectivity index (χ2v) is 16.3. The summed E-state index contributed by atoms with van der Waals surface area (Å²) in [6.45, 7) is 3.80. The van der Waals surface area contributed by atoms with Crippen molar-refractivity contribution in [2.45, 2.75) is 166 Å². The number of phenolic OH excluding ortho intramolecular Hbond substituents is 1. The quantitative estimate of drug-likeness (QED) is 0.0191. The summed E-state index contributed by atoms with van der Waals surface area (Å²) >= 11 is 0. The molecule has 2 aliphatic rings. The highest BCUT2D eigenvalue weighted by Gasteiger charge is 2.33. The normalized spacial score (nSPS) is 17.6. The standard InChI is InChI=1S/C43H72BN7O9/c1-4-5-6-7-8-9-10-11-12-13-14-15-16-27-38(54)51(59)29-22-20-24-33(46-40(55)35-31-60-42(48-35)32-23-17-18-26-36(32)52)37(53)30-45-39(49-44(2)58)41(56)47-34-25-19-21-28-50(3)43(34)57/h17-18,23,26,33-35,39,45,49,52,58-59H,4-16,19-22,24-25,27-31H2,1-3H3,(H,46,55)(H,47,56). The van der Waals surface area contributed by atoms with Crippen molar-refractivity contribution in [3.8, 4) is 5.75 Å². The maximum absolute atomic E-state index is 13.7. The van der Waals surface area contributed by atoms with Gasteiger partial charge in [-0.05, 0) is 63.9 Å². The summed E-state index contributed by atoms with van der Waals surface area (Å²) in [5.74, 6) is -2.21. The number of phenols is 1. The van der Waals surface area contributed by atoms with Gasteiger partial charge in [0.1, 0.15) is 24.6 Å². The molecular formula is C43H72BN7O9. The Kier molecular flexibility index (Phi) is 23.9. The number of aliphatic imine (C=N–C) groups is 1. The molecule has 1 saturated heterocycles. The number of nitrogens with one attached hydrogen (secondary N) is 4. The molecule has 0 saturated carbocycles. The maximum Gasteiger partial charge on any atom is 0.375 e. The van der Waals surface area contributed by atoms with Crippen molar-refractivity contribution in [3.63, 3.8) is 0 Å². The van der Waals surface area contributed by atoms with E-state index in [4.69, 9.17) is 4.74 Å². The Hall–Kier alpha value is -4.06. The first-order valence-corrected chi connectivity index (χ1v) is 22.4. The Bertz CT molecular complexity index is 1520. The van der Waals surface area contributed by atoms with Crippen molar-refractivity contribution in [3.05, 3.63) is 29.8 Å². The zero-order valence-electron chi connectivity index (χ0n) is 36.3. The lowest BCUT2D eigenvalue weighted by Gasteiger charge is -2.26. The molecule has 60 heavy (non-hydrogen) atoms. The Labute approximate surface area is 357 Å². The van der Waals surface area contributed by atoms with Crippen LogP contribution in [-0.4, -0.2) is 125 Å². The minimum Gasteiger partial charge on any atom is -0.507 e. The molecule has 0 aliphatic carbocycles. The summed E-state index contributed by atoms with van der Waals surface area (Å²) in [6, 6.07) is 3.64. The van der Waals surface area contributed by atoms with Crippen molar-refractivity contribution < 1.29 is 44.0 Å². The topological polar surface area (TPSA) is 222 Å². The molecule has 1 aromatic carbocycles. The number of benzene rings is 1. The van der Waals surface area contributed by atoms with E-state index in [0.29, 0.717) is 37.8 Å². The van der Waals surface area contributed by atoms with E-state index in [1.807, 2.05) is 0 Å². The molecule has 1 aromatic rings. The predicted octanol–water partition coefficient (Wildman–Crippen LogP) is 4.20. The lowest BCUT2D eigenvalue weighted by molar-refractivity contribution is -0.165. The van der Waals surface area contributed by atoms with E-state index in [-0.39, 0.29) is 49.5 Å². The third-order valence-electron chi connectivity index (χ3n) is 11.1. The first-order chi connectivity index (χ1) is 28.9. The van der Waals surface area contributed by atoms with Gasteiger partial charge in [-0.1, -0.05) is 96.1 Å². The van der Waals surface area contributed by atoms with Crippen molar-refractivity contribution in [1.82, 2.24) is 31.1 Å². The molecule has 0 aromatic heterocycles. The van der Waals surface area contributed by atoms with Crippen LogP contribution < -0.4 is 21.2 Å². The molecular weight excluding hydrogens is 769 g/mol. The first-order valence-electron chi connectivity index (χ1n) is 22.4. The molecule has 0 spiro atoms. The van der Waals surface area contributed by atoms with E-state index in [0.717, 1.165) is 37.2 Å². The van der Waals surface area contributed by atoms with Gasteiger partial charge in [-0.3, -0.25) is 34.5 Å². The Morgan fingerprint density at radius 1 is 0.950 bits per heavy atom. The van der Waals surface area contributed by atoms with Gasteiger partial charge in [0.15, 0.2) is 11.8 Å². The van der Waals surface area contributed by atoms with Gasteiger partial charge in [0.05, 0.1) is 18.2 Å². The zero-order valence-corrected chi connectivity index (χ0v) is 36.3. The lowest BCUT2D eigenvalue weighted by Crippen LogP contribution is -2.61. The second-order valence-electron chi connectivity index (χ2n) is 16.3. The fourth-order valence-corrected chi connectivity index (χ4v) is 7.43. The molecule has 7 N–H and O–H groups in total. The second kappa shape index (κ2) is 28.5. The van der Waals surface area contributed by atoms with Crippen LogP contribution in [0, 0.1) is 0 Å². The molecule has 2 heterocycles. The Morgan fingerprint density at radius 2 is 1.60 bits per heavy atom. The van der Waals surface area contributed by atoms with Gasteiger partial charge in [0.2, 0.25) is 23.6 Å². The van der Waals surface area contributed by atoms with E-state index in [1.165, 1.54) is 70.7 Å². The van der Waals surface area contributed by atoms with Crippen molar-refractivity contribution >= 4 is 42.4 Å². The maximum atomic E-state index is 13.7. The summed E-state index contributed by atoms with van der Waals surface area (Å²) in [5, 5.41) is 42.5. The van der Waals surface area contributed by atoms with E-state index < -0.39 is 55.5 Å². The molecule has 0 bridgehead atoms. The number of likely N-dealkylation sites (N-methyl/N-ethyl adjacent to an activating group) is 1. The average molecular weight is 842 g/mol. The van der Waals surface area contributed by atoms with Crippen LogP contribution in [-0.2, 0) is 28.7 Å². The number of para-hydroxylation sites is 1. The fraction of sp³-hybridized carbons (Fsp3) is 0.721. The summed E-state index contributed by atoms with van der Waals surface area (Å²) in [4.78, 5) is 71.8. The van der Waals surface area contributed by atoms with Gasteiger partial charge in [-0.15, -0.1) is 0 Å². The minimum atomic E-state index is -1.25. The highest BCUT2D eigenvalue weighted by molar-refractivity contribution is 6.46.